The lowest BCUT2D eigenvalue weighted by molar-refractivity contribution is -0.401. The lowest BCUT2D eigenvalue weighted by atomic mass is 9.84. The summed E-state index contributed by atoms with van der Waals surface area (Å²) in [6.45, 7) is -3.84. The molecule has 31 atom stereocenters. The lowest BCUT2D eigenvalue weighted by Crippen LogP contribution is -2.71. The van der Waals surface area contributed by atoms with Crippen LogP contribution in [0.3, 0.4) is 0 Å². The van der Waals surface area contributed by atoms with Crippen LogP contribution >= 0.6 is 0 Å². The smallest absolute Gasteiger partial charge is 0.364 e. The number of aliphatic hydroxyl groups excluding tert-OH is 18. The number of carbonyl (C=O) groups is 2. The maximum Gasteiger partial charge on any atom is 0.364 e. The molecule has 6 aliphatic heterocycles. The SMILES string of the molecule is CC(=O)NC1[C@H](O[C@@H]2C(O)[C@H](O[C@@H]3C(CO)O[C@@H](OCCCN)C(O)[C@H]3O)OC(CO)[C@@H]2O[C@@H]2OC(CO)[C@@H](O)[C@H](O)C2O)OC(CO)[C@@H](O[C@@H]2OC(CO)[C@H](O)[C@H](O[C@]3(C(=O)O)C[C@@H](O)[C@@H](C)C([C@H](O)[C@H](O)CO)O3)C2O)[C@H]1O. The topological polar surface area (TPSA) is 567 Å². The molecule has 6 heterocycles. The molecule has 80 heavy (non-hydrogen) atoms. The highest BCUT2D eigenvalue weighted by Gasteiger charge is 2.61. The van der Waals surface area contributed by atoms with Gasteiger partial charge >= 0.3 is 5.97 Å². The molecular weight excluding hydrogens is 1100 g/mol. The average molecular weight is 1180 g/mol. The van der Waals surface area contributed by atoms with Gasteiger partial charge in [0, 0.05) is 19.3 Å². The minimum atomic E-state index is -3.06. The number of nitrogens with one attached hydrogen (secondary N) is 1. The monoisotopic (exact) mass is 1170 g/mol. The first kappa shape index (κ1) is 66.8. The Balaban J connectivity index is 1.31. The van der Waals surface area contributed by atoms with Gasteiger partial charge in [0.2, 0.25) is 5.91 Å². The Morgan fingerprint density at radius 1 is 0.575 bits per heavy atom. The average Bonchev–Trinajstić information content (AvgIpc) is 3.58. The van der Waals surface area contributed by atoms with E-state index in [1.165, 1.54) is 6.92 Å². The van der Waals surface area contributed by atoms with Crippen molar-refractivity contribution in [3.05, 3.63) is 0 Å². The van der Waals surface area contributed by atoms with E-state index in [2.05, 4.69) is 5.32 Å². The normalized spacial score (nSPS) is 47.3. The third kappa shape index (κ3) is 14.3. The van der Waals surface area contributed by atoms with Crippen LogP contribution in [-0.2, 0) is 66.4 Å². The molecule has 0 aromatic carbocycles. The number of amides is 1. The van der Waals surface area contributed by atoms with Crippen molar-refractivity contribution in [1.82, 2.24) is 5.32 Å². The van der Waals surface area contributed by atoms with Gasteiger partial charge in [-0.2, -0.15) is 0 Å². The third-order valence-electron chi connectivity index (χ3n) is 14.8. The molecule has 6 saturated heterocycles. The first-order valence-corrected chi connectivity index (χ1v) is 25.8. The first-order chi connectivity index (χ1) is 37.9. The summed E-state index contributed by atoms with van der Waals surface area (Å²) >= 11 is 0. The Hall–Kier alpha value is -2.30. The van der Waals surface area contributed by atoms with Crippen LogP contribution in [0, 0.1) is 5.92 Å². The minimum absolute atomic E-state index is 0.0425. The highest BCUT2D eigenvalue weighted by molar-refractivity contribution is 5.76. The summed E-state index contributed by atoms with van der Waals surface area (Å²) in [5, 5.41) is 208. The van der Waals surface area contributed by atoms with Crippen molar-refractivity contribution >= 4 is 11.9 Å². The molecule has 6 rings (SSSR count). The number of carboxylic acid groups (broad SMARTS) is 1. The summed E-state index contributed by atoms with van der Waals surface area (Å²) in [5.41, 5.74) is 5.51. The van der Waals surface area contributed by atoms with Gasteiger partial charge in [-0.15, -0.1) is 0 Å². The van der Waals surface area contributed by atoms with Crippen LogP contribution in [0.5, 0.6) is 0 Å². The molecule has 35 heteroatoms. The molecule has 0 aromatic heterocycles. The number of carboxylic acids is 1. The van der Waals surface area contributed by atoms with Crippen LogP contribution in [0.15, 0.2) is 0 Å². The number of nitrogens with two attached hydrogens (primary N) is 1. The molecule has 6 fully saturated rings. The fourth-order valence-corrected chi connectivity index (χ4v) is 10.2. The molecule has 35 nitrogen and oxygen atoms in total. The van der Waals surface area contributed by atoms with Crippen molar-refractivity contribution in [3.63, 3.8) is 0 Å². The summed E-state index contributed by atoms with van der Waals surface area (Å²) < 4.78 is 69.6. The Morgan fingerprint density at radius 3 is 1.57 bits per heavy atom. The van der Waals surface area contributed by atoms with Crippen LogP contribution in [0.2, 0.25) is 0 Å². The molecule has 11 unspecified atom stereocenters. The second-order valence-electron chi connectivity index (χ2n) is 20.3. The summed E-state index contributed by atoms with van der Waals surface area (Å²) in [7, 11) is 0. The second kappa shape index (κ2) is 29.2. The largest absolute Gasteiger partial charge is 0.477 e. The zero-order valence-electron chi connectivity index (χ0n) is 43.2. The Morgan fingerprint density at radius 2 is 1.04 bits per heavy atom. The standard InChI is InChI=1S/C45H78N2O33/c1-13-15(55)6-45(44(67)68,79-33(13)23(57)16(56)7-48)80-37-25(59)18(9-50)71-42(31(37)65)75-34-19(10-51)72-39(22(26(34)60)47-14(2)54)78-38-32(66)43(76-35-20(11-52)73-40(30(64)28(35)62)69-5-3-4-46)74-21(12-53)36(38)77-41-29(63)27(61)24(58)17(8-49)70-41/h13,15-43,48-53,55-66H,3-12,46H2,1-2H3,(H,47,54)(H,67,68)/t13-,15-,16-,17?,18?,19?,20?,21?,22?,23-,24-,25+,26+,27+,28-,29?,30?,31?,32?,33?,34-,35-,36+,37+,38-,39+,40-,41+,42+,43+,45+/m1/s1. The molecular formula is C45H78N2O33. The van der Waals surface area contributed by atoms with E-state index in [0.717, 1.165) is 6.92 Å². The second-order valence-corrected chi connectivity index (χ2v) is 20.3. The van der Waals surface area contributed by atoms with Crippen molar-refractivity contribution in [2.75, 3.05) is 52.8 Å². The Labute approximate surface area is 454 Å². The van der Waals surface area contributed by atoms with Crippen molar-refractivity contribution in [1.29, 1.82) is 0 Å². The maximum atomic E-state index is 13.0. The van der Waals surface area contributed by atoms with E-state index >= 15 is 0 Å². The van der Waals surface area contributed by atoms with Crippen molar-refractivity contribution in [2.24, 2.45) is 11.7 Å². The highest BCUT2D eigenvalue weighted by Crippen LogP contribution is 2.41. The maximum absolute atomic E-state index is 13.0. The van der Waals surface area contributed by atoms with E-state index in [1.54, 1.807) is 0 Å². The van der Waals surface area contributed by atoms with Gasteiger partial charge in [-0.3, -0.25) is 4.79 Å². The van der Waals surface area contributed by atoms with Crippen LogP contribution < -0.4 is 11.1 Å². The van der Waals surface area contributed by atoms with Gasteiger partial charge in [0.1, 0.15) is 134 Å². The van der Waals surface area contributed by atoms with E-state index in [1.807, 2.05) is 0 Å². The van der Waals surface area contributed by atoms with E-state index in [-0.39, 0.29) is 13.2 Å². The molecule has 0 saturated carbocycles. The van der Waals surface area contributed by atoms with Crippen molar-refractivity contribution < 1.29 is 163 Å². The van der Waals surface area contributed by atoms with Gasteiger partial charge in [0.25, 0.3) is 5.79 Å². The van der Waals surface area contributed by atoms with Gasteiger partial charge in [0.15, 0.2) is 31.5 Å². The predicted octanol–water partition coefficient (Wildman–Crippen LogP) is -13.1. The molecule has 22 N–H and O–H groups in total. The summed E-state index contributed by atoms with van der Waals surface area (Å²) in [6, 6.07) is -1.94. The lowest BCUT2D eigenvalue weighted by Gasteiger charge is -2.52. The molecule has 0 aromatic rings. The van der Waals surface area contributed by atoms with Crippen molar-refractivity contribution in [3.8, 4) is 0 Å². The minimum Gasteiger partial charge on any atom is -0.477 e. The zero-order valence-corrected chi connectivity index (χ0v) is 43.2. The summed E-state index contributed by atoms with van der Waals surface area (Å²) in [6.07, 6.45) is -55.8. The molecule has 0 spiro atoms. The molecule has 0 radical (unpaired) electrons. The van der Waals surface area contributed by atoms with Crippen LogP contribution in [0.4, 0.5) is 0 Å². The Kier molecular flexibility index (Phi) is 24.4. The van der Waals surface area contributed by atoms with Crippen molar-refractivity contribution in [2.45, 2.75) is 210 Å². The van der Waals surface area contributed by atoms with E-state index in [4.69, 9.17) is 62.6 Å². The number of hydrogen-bond donors (Lipinski definition) is 21. The molecule has 6 aliphatic rings. The van der Waals surface area contributed by atoms with Gasteiger partial charge in [-0.25, -0.2) is 4.79 Å². The summed E-state index contributed by atoms with van der Waals surface area (Å²) in [5.74, 6) is -7.11. The number of aliphatic carboxylic acids is 1. The molecule has 0 bridgehead atoms. The van der Waals surface area contributed by atoms with Crippen LogP contribution in [-0.4, -0.2) is 345 Å². The first-order valence-electron chi connectivity index (χ1n) is 25.8. The molecule has 1 amide bonds. The molecule has 466 valence electrons. The Bertz CT molecular complexity index is 1920. The molecule has 0 aliphatic carbocycles. The fourth-order valence-electron chi connectivity index (χ4n) is 10.2. The number of carbonyl (C=O) groups excluding carboxylic acids is 1. The van der Waals surface area contributed by atoms with E-state index in [9.17, 15) is 107 Å². The van der Waals surface area contributed by atoms with Crippen LogP contribution in [0.1, 0.15) is 26.7 Å². The van der Waals surface area contributed by atoms with Gasteiger partial charge in [-0.1, -0.05) is 6.92 Å². The highest BCUT2D eigenvalue weighted by atomic mass is 16.8. The predicted molar refractivity (Wildman–Crippen MR) is 249 cm³/mol. The van der Waals surface area contributed by atoms with Crippen LogP contribution in [0.25, 0.3) is 0 Å². The zero-order chi connectivity index (χ0) is 59.2. The number of hydrogen-bond acceptors (Lipinski definition) is 33. The number of aliphatic hydroxyl groups is 18. The van der Waals surface area contributed by atoms with Gasteiger partial charge < -0.3 is 165 Å². The van der Waals surface area contributed by atoms with E-state index in [0.29, 0.717) is 6.42 Å². The fraction of sp³-hybridized carbons (Fsp3) is 0.956. The van der Waals surface area contributed by atoms with E-state index < -0.39 is 248 Å². The van der Waals surface area contributed by atoms with Gasteiger partial charge in [-0.05, 0) is 13.0 Å². The van der Waals surface area contributed by atoms with Gasteiger partial charge in [0.05, 0.1) is 58.5 Å². The number of ether oxygens (including phenoxy) is 12. The third-order valence-corrected chi connectivity index (χ3v) is 14.8. The quantitative estimate of drug-likeness (QED) is 0.0399. The number of rotatable bonds is 24. The summed E-state index contributed by atoms with van der Waals surface area (Å²) in [4.78, 5) is 25.8.